The summed E-state index contributed by atoms with van der Waals surface area (Å²) in [6.07, 6.45) is 0. The Balaban J connectivity index is 2.19. The number of hydrogen-bond donors (Lipinski definition) is 1. The third-order valence-corrected chi connectivity index (χ3v) is 3.45. The monoisotopic (exact) mass is 238 g/mol. The number of aliphatic hydroxyl groups excluding tert-OH is 1. The highest BCUT2D eigenvalue weighted by molar-refractivity contribution is 5.49. The Morgan fingerprint density at radius 3 is 2.76 bits per heavy atom. The van der Waals surface area contributed by atoms with Crippen molar-refractivity contribution >= 4 is 5.69 Å². The van der Waals surface area contributed by atoms with Crippen LogP contribution >= 0.6 is 0 Å². The molecule has 0 spiro atoms. The Labute approximate surface area is 101 Å². The zero-order chi connectivity index (χ0) is 12.4. The highest BCUT2D eigenvalue weighted by atomic mass is 19.1. The van der Waals surface area contributed by atoms with Gasteiger partial charge in [0, 0.05) is 31.4 Å². The van der Waals surface area contributed by atoms with Gasteiger partial charge in [-0.15, -0.1) is 0 Å². The molecule has 1 unspecified atom stereocenters. The van der Waals surface area contributed by atoms with Crippen LogP contribution in [0.5, 0.6) is 0 Å². The minimum atomic E-state index is -0.280. The Morgan fingerprint density at radius 1 is 1.35 bits per heavy atom. The summed E-state index contributed by atoms with van der Waals surface area (Å²) in [6, 6.07) is 5.24. The molecule has 0 amide bonds. The van der Waals surface area contributed by atoms with Crippen LogP contribution in [-0.4, -0.2) is 42.7 Å². The minimum absolute atomic E-state index is 0.117. The first-order chi connectivity index (χ1) is 8.10. The first-order valence-corrected chi connectivity index (χ1v) is 5.95. The van der Waals surface area contributed by atoms with Gasteiger partial charge in [-0.2, -0.15) is 0 Å². The van der Waals surface area contributed by atoms with Crippen molar-refractivity contribution in [3.05, 3.63) is 29.6 Å². The molecule has 4 heteroatoms. The van der Waals surface area contributed by atoms with Crippen LogP contribution in [0.1, 0.15) is 12.5 Å². The van der Waals surface area contributed by atoms with Gasteiger partial charge in [0.05, 0.1) is 6.61 Å². The van der Waals surface area contributed by atoms with Gasteiger partial charge in [-0.3, -0.25) is 0 Å². The molecule has 0 radical (unpaired) electrons. The molecule has 0 aromatic heterocycles. The largest absolute Gasteiger partial charge is 0.392 e. The maximum Gasteiger partial charge on any atom is 0.125 e. The summed E-state index contributed by atoms with van der Waals surface area (Å²) in [6.45, 7) is 4.82. The summed E-state index contributed by atoms with van der Waals surface area (Å²) in [5, 5.41) is 9.09. The first-order valence-electron chi connectivity index (χ1n) is 5.95. The highest BCUT2D eigenvalue weighted by Gasteiger charge is 2.21. The number of benzene rings is 1. The van der Waals surface area contributed by atoms with Crippen LogP contribution in [0.25, 0.3) is 0 Å². The maximum absolute atomic E-state index is 13.4. The molecule has 1 fully saturated rings. The fraction of sp³-hybridized carbons (Fsp3) is 0.538. The summed E-state index contributed by atoms with van der Waals surface area (Å²) >= 11 is 0. The van der Waals surface area contributed by atoms with Crippen molar-refractivity contribution in [2.24, 2.45) is 0 Å². The second kappa shape index (κ2) is 5.02. The van der Waals surface area contributed by atoms with Crippen LogP contribution in [-0.2, 0) is 6.61 Å². The van der Waals surface area contributed by atoms with E-state index in [4.69, 9.17) is 5.11 Å². The summed E-state index contributed by atoms with van der Waals surface area (Å²) in [7, 11) is 2.10. The van der Waals surface area contributed by atoms with E-state index < -0.39 is 0 Å². The average molecular weight is 238 g/mol. The molecular formula is C13H19FN2O. The topological polar surface area (TPSA) is 26.7 Å². The van der Waals surface area contributed by atoms with E-state index in [0.29, 0.717) is 11.6 Å². The number of aliphatic hydroxyl groups is 1. The normalized spacial score (nSPS) is 21.9. The number of anilines is 1. The molecule has 1 heterocycles. The van der Waals surface area contributed by atoms with Crippen LogP contribution in [0.2, 0.25) is 0 Å². The average Bonchev–Trinajstić information content (AvgIpc) is 2.32. The Kier molecular flexibility index (Phi) is 3.64. The summed E-state index contributed by atoms with van der Waals surface area (Å²) in [5.74, 6) is -0.280. The van der Waals surface area contributed by atoms with Gasteiger partial charge in [-0.25, -0.2) is 4.39 Å². The Hall–Kier alpha value is -1.13. The van der Waals surface area contributed by atoms with Crippen LogP contribution < -0.4 is 4.90 Å². The molecule has 1 aliphatic heterocycles. The molecule has 1 N–H and O–H groups in total. The highest BCUT2D eigenvalue weighted by Crippen LogP contribution is 2.21. The van der Waals surface area contributed by atoms with Crippen molar-refractivity contribution in [3.8, 4) is 0 Å². The number of piperazine rings is 1. The van der Waals surface area contributed by atoms with Gasteiger partial charge in [-0.05, 0) is 37.7 Å². The van der Waals surface area contributed by atoms with Crippen LogP contribution in [0, 0.1) is 5.82 Å². The van der Waals surface area contributed by atoms with Gasteiger partial charge >= 0.3 is 0 Å². The van der Waals surface area contributed by atoms with E-state index in [1.165, 1.54) is 12.1 Å². The van der Waals surface area contributed by atoms with Gasteiger partial charge < -0.3 is 14.9 Å². The Bertz CT molecular complexity index is 397. The second-order valence-corrected chi connectivity index (χ2v) is 4.75. The number of hydrogen-bond acceptors (Lipinski definition) is 3. The van der Waals surface area contributed by atoms with Gasteiger partial charge in [0.1, 0.15) is 5.82 Å². The third kappa shape index (κ3) is 2.76. The van der Waals surface area contributed by atoms with Crippen molar-refractivity contribution in [3.63, 3.8) is 0 Å². The lowest BCUT2D eigenvalue weighted by atomic mass is 10.1. The molecule has 17 heavy (non-hydrogen) atoms. The van der Waals surface area contributed by atoms with Crippen molar-refractivity contribution < 1.29 is 9.50 Å². The lowest BCUT2D eigenvalue weighted by molar-refractivity contribution is 0.234. The predicted molar refractivity (Wildman–Crippen MR) is 66.6 cm³/mol. The number of likely N-dealkylation sites (N-methyl/N-ethyl adjacent to an activating group) is 1. The van der Waals surface area contributed by atoms with Crippen molar-refractivity contribution in [2.75, 3.05) is 31.6 Å². The molecule has 0 bridgehead atoms. The summed E-state index contributed by atoms with van der Waals surface area (Å²) < 4.78 is 13.4. The van der Waals surface area contributed by atoms with E-state index in [1.807, 2.05) is 6.07 Å². The van der Waals surface area contributed by atoms with E-state index in [2.05, 4.69) is 23.8 Å². The zero-order valence-electron chi connectivity index (χ0n) is 10.4. The molecule has 1 aromatic rings. The molecule has 94 valence electrons. The minimum Gasteiger partial charge on any atom is -0.392 e. The van der Waals surface area contributed by atoms with E-state index in [9.17, 15) is 4.39 Å². The lowest BCUT2D eigenvalue weighted by Crippen LogP contribution is -2.50. The molecule has 0 saturated carbocycles. The van der Waals surface area contributed by atoms with E-state index >= 15 is 0 Å². The molecular weight excluding hydrogens is 219 g/mol. The summed E-state index contributed by atoms with van der Waals surface area (Å²) in [4.78, 5) is 4.47. The first kappa shape index (κ1) is 12.3. The number of nitrogens with zero attached hydrogens (tertiary/aromatic N) is 2. The molecule has 1 atom stereocenters. The molecule has 3 nitrogen and oxygen atoms in total. The van der Waals surface area contributed by atoms with Gasteiger partial charge in [-0.1, -0.05) is 0 Å². The predicted octanol–water partition coefficient (Wildman–Crippen LogP) is 1.46. The van der Waals surface area contributed by atoms with E-state index in [0.717, 1.165) is 25.3 Å². The zero-order valence-corrected chi connectivity index (χ0v) is 10.4. The second-order valence-electron chi connectivity index (χ2n) is 4.75. The quantitative estimate of drug-likeness (QED) is 0.845. The maximum atomic E-state index is 13.4. The van der Waals surface area contributed by atoms with Crippen molar-refractivity contribution in [1.82, 2.24) is 4.90 Å². The van der Waals surface area contributed by atoms with Gasteiger partial charge in [0.25, 0.3) is 0 Å². The van der Waals surface area contributed by atoms with Gasteiger partial charge in [0.2, 0.25) is 0 Å². The standard InChI is InChI=1S/C13H19FN2O/c1-10-8-16(4-3-15(10)2)13-6-11(9-17)5-12(14)7-13/h5-7,10,17H,3-4,8-9H2,1-2H3. The number of rotatable bonds is 2. The Morgan fingerprint density at radius 2 is 2.12 bits per heavy atom. The number of halogens is 1. The fourth-order valence-corrected chi connectivity index (χ4v) is 2.19. The van der Waals surface area contributed by atoms with Crippen molar-refractivity contribution in [1.29, 1.82) is 0 Å². The van der Waals surface area contributed by atoms with E-state index in [1.54, 1.807) is 0 Å². The smallest absolute Gasteiger partial charge is 0.125 e. The fourth-order valence-electron chi connectivity index (χ4n) is 2.19. The lowest BCUT2D eigenvalue weighted by Gasteiger charge is -2.39. The van der Waals surface area contributed by atoms with Crippen LogP contribution in [0.15, 0.2) is 18.2 Å². The van der Waals surface area contributed by atoms with Crippen molar-refractivity contribution in [2.45, 2.75) is 19.6 Å². The van der Waals surface area contributed by atoms with Gasteiger partial charge in [0.15, 0.2) is 0 Å². The molecule has 1 saturated heterocycles. The van der Waals surface area contributed by atoms with Crippen LogP contribution in [0.4, 0.5) is 10.1 Å². The van der Waals surface area contributed by atoms with E-state index in [-0.39, 0.29) is 12.4 Å². The molecule has 2 rings (SSSR count). The summed E-state index contributed by atoms with van der Waals surface area (Å²) in [5.41, 5.74) is 1.50. The van der Waals surface area contributed by atoms with Crippen LogP contribution in [0.3, 0.4) is 0 Å². The molecule has 1 aromatic carbocycles. The third-order valence-electron chi connectivity index (χ3n) is 3.45. The molecule has 1 aliphatic rings. The SMILES string of the molecule is CC1CN(c2cc(F)cc(CO)c2)CCN1C. The molecule has 0 aliphatic carbocycles.